The predicted molar refractivity (Wildman–Crippen MR) is 107 cm³/mol. The Morgan fingerprint density at radius 3 is 2.53 bits per heavy atom. The van der Waals surface area contributed by atoms with Crippen molar-refractivity contribution in [3.8, 4) is 0 Å². The second-order valence-electron chi connectivity index (χ2n) is 8.47. The number of alkyl carbamates (subject to hydrolysis) is 1. The molecular weight excluding hydrogens is 394 g/mol. The molecule has 2 rings (SSSR count). The van der Waals surface area contributed by atoms with Crippen molar-refractivity contribution in [2.45, 2.75) is 64.1 Å². The number of hydrogen-bond acceptors (Lipinski definition) is 7. The summed E-state index contributed by atoms with van der Waals surface area (Å²) in [7, 11) is 0. The van der Waals surface area contributed by atoms with E-state index in [2.05, 4.69) is 16.0 Å². The van der Waals surface area contributed by atoms with Crippen LogP contribution in [-0.4, -0.2) is 73.9 Å². The summed E-state index contributed by atoms with van der Waals surface area (Å²) < 4.78 is 16.1. The lowest BCUT2D eigenvalue weighted by atomic mass is 9.97. The van der Waals surface area contributed by atoms with Crippen molar-refractivity contribution in [2.75, 3.05) is 33.2 Å². The summed E-state index contributed by atoms with van der Waals surface area (Å²) in [6.07, 6.45) is 1.21. The van der Waals surface area contributed by atoms with Crippen LogP contribution in [0.1, 0.15) is 46.5 Å². The average molecular weight is 430 g/mol. The first-order chi connectivity index (χ1) is 14.3. The highest BCUT2D eigenvalue weighted by Gasteiger charge is 2.37. The largest absolute Gasteiger partial charge is 0.438 e. The van der Waals surface area contributed by atoms with Gasteiger partial charge >= 0.3 is 6.09 Å². The molecule has 4 N–H and O–H groups in total. The van der Waals surface area contributed by atoms with Gasteiger partial charge in [0.1, 0.15) is 12.8 Å². The second-order valence-corrected chi connectivity index (χ2v) is 8.47. The molecule has 0 aromatic rings. The van der Waals surface area contributed by atoms with Gasteiger partial charge in [-0.1, -0.05) is 20.8 Å². The fraction of sp³-hybridized carbons (Fsp3) is 0.850. The first-order valence-corrected chi connectivity index (χ1v) is 10.6. The van der Waals surface area contributed by atoms with Crippen LogP contribution in [0.5, 0.6) is 0 Å². The molecule has 30 heavy (non-hydrogen) atoms. The summed E-state index contributed by atoms with van der Waals surface area (Å²) in [4.78, 5) is 37.1. The van der Waals surface area contributed by atoms with Crippen molar-refractivity contribution in [1.29, 1.82) is 0 Å². The smallest absolute Gasteiger partial charge is 0.408 e. The van der Waals surface area contributed by atoms with Crippen LogP contribution < -0.4 is 16.0 Å². The zero-order valence-electron chi connectivity index (χ0n) is 18.1. The number of amides is 3. The highest BCUT2D eigenvalue weighted by Crippen LogP contribution is 2.21. The van der Waals surface area contributed by atoms with E-state index in [1.807, 2.05) is 20.8 Å². The molecule has 0 radical (unpaired) electrons. The lowest BCUT2D eigenvalue weighted by molar-refractivity contribution is -0.200. The quantitative estimate of drug-likeness (QED) is 0.392. The average Bonchev–Trinajstić information content (AvgIpc) is 3.11. The Kier molecular flexibility index (Phi) is 9.32. The molecule has 0 bridgehead atoms. The zero-order chi connectivity index (χ0) is 22.1. The summed E-state index contributed by atoms with van der Waals surface area (Å²) in [5.74, 6) is -0.583. The summed E-state index contributed by atoms with van der Waals surface area (Å²) in [5.41, 5.74) is -0.884. The Hall–Kier alpha value is -1.91. The van der Waals surface area contributed by atoms with E-state index in [-0.39, 0.29) is 44.4 Å². The van der Waals surface area contributed by atoms with Crippen molar-refractivity contribution in [2.24, 2.45) is 11.8 Å². The van der Waals surface area contributed by atoms with Gasteiger partial charge in [-0.3, -0.25) is 9.59 Å². The summed E-state index contributed by atoms with van der Waals surface area (Å²) in [5, 5.41) is 17.8. The fourth-order valence-electron chi connectivity index (χ4n) is 3.66. The molecule has 2 aliphatic heterocycles. The second kappa shape index (κ2) is 11.5. The fourth-order valence-corrected chi connectivity index (χ4v) is 3.66. The maximum absolute atomic E-state index is 12.8. The van der Waals surface area contributed by atoms with Crippen LogP contribution in [0.4, 0.5) is 4.79 Å². The molecular formula is C20H35N3O7. The topological polar surface area (TPSA) is 135 Å². The number of carbonyl (C=O) groups is 3. The third-order valence-corrected chi connectivity index (χ3v) is 5.46. The molecule has 3 amide bonds. The van der Waals surface area contributed by atoms with E-state index in [1.54, 1.807) is 0 Å². The monoisotopic (exact) mass is 429 g/mol. The highest BCUT2D eigenvalue weighted by atomic mass is 16.7. The third kappa shape index (κ3) is 7.10. The van der Waals surface area contributed by atoms with Gasteiger partial charge in [-0.25, -0.2) is 4.79 Å². The van der Waals surface area contributed by atoms with Crippen molar-refractivity contribution in [3.05, 3.63) is 0 Å². The minimum atomic E-state index is -0.884. The van der Waals surface area contributed by atoms with Gasteiger partial charge in [0, 0.05) is 12.5 Å². The molecule has 0 spiro atoms. The van der Waals surface area contributed by atoms with E-state index in [0.29, 0.717) is 32.2 Å². The normalized spacial score (nSPS) is 22.8. The minimum Gasteiger partial charge on any atom is -0.438 e. The van der Waals surface area contributed by atoms with Gasteiger partial charge in [0.25, 0.3) is 0 Å². The number of nitrogens with one attached hydrogen (secondary N) is 3. The summed E-state index contributed by atoms with van der Waals surface area (Å²) >= 11 is 0. The van der Waals surface area contributed by atoms with Crippen LogP contribution in [0.15, 0.2) is 0 Å². The van der Waals surface area contributed by atoms with Gasteiger partial charge < -0.3 is 35.3 Å². The van der Waals surface area contributed by atoms with E-state index in [4.69, 9.17) is 14.2 Å². The Balaban J connectivity index is 1.96. The van der Waals surface area contributed by atoms with Gasteiger partial charge in [-0.05, 0) is 31.6 Å². The molecule has 10 nitrogen and oxygen atoms in total. The van der Waals surface area contributed by atoms with E-state index < -0.39 is 29.7 Å². The number of carbonyl (C=O) groups excluding carboxylic acids is 3. The van der Waals surface area contributed by atoms with Crippen LogP contribution in [0.2, 0.25) is 0 Å². The van der Waals surface area contributed by atoms with Crippen molar-refractivity contribution in [1.82, 2.24) is 16.0 Å². The lowest BCUT2D eigenvalue weighted by Crippen LogP contribution is -2.54. The van der Waals surface area contributed by atoms with Gasteiger partial charge in [0.2, 0.25) is 11.8 Å². The first-order valence-electron chi connectivity index (χ1n) is 10.6. The standard InChI is InChI=1S/C20H35N3O7/c1-4-20(10-28-12-29-11-20)30-19(27)23-16(7-13(2)3)18(26)22-15(9-24)8-14-5-6-21-17(14)25/h13-16,24H,4-12H2,1-3H3,(H,21,25)(H,22,26)(H,23,27)/t14-,15-,16-/m0/s1. The minimum absolute atomic E-state index is 0.0649. The molecule has 0 aromatic heterocycles. The zero-order valence-corrected chi connectivity index (χ0v) is 18.1. The molecule has 2 fully saturated rings. The molecule has 2 heterocycles. The van der Waals surface area contributed by atoms with Crippen LogP contribution in [0.25, 0.3) is 0 Å². The SMILES string of the molecule is CCC1(OC(=O)N[C@@H](CC(C)C)C(=O)N[C@H](CO)C[C@@H]2CCNC2=O)COCOC1. The molecule has 3 atom stereocenters. The van der Waals surface area contributed by atoms with Gasteiger partial charge in [0.15, 0.2) is 5.60 Å². The van der Waals surface area contributed by atoms with Crippen molar-refractivity contribution < 1.29 is 33.7 Å². The third-order valence-electron chi connectivity index (χ3n) is 5.46. The first kappa shape index (κ1) is 24.4. The maximum Gasteiger partial charge on any atom is 0.408 e. The number of ether oxygens (including phenoxy) is 3. The number of aliphatic hydroxyl groups is 1. The number of rotatable bonds is 10. The summed E-state index contributed by atoms with van der Waals surface area (Å²) in [6, 6.07) is -1.40. The maximum atomic E-state index is 12.8. The van der Waals surface area contributed by atoms with E-state index in [9.17, 15) is 19.5 Å². The van der Waals surface area contributed by atoms with Crippen LogP contribution in [-0.2, 0) is 23.8 Å². The lowest BCUT2D eigenvalue weighted by Gasteiger charge is -2.35. The summed E-state index contributed by atoms with van der Waals surface area (Å²) in [6.45, 7) is 6.68. The van der Waals surface area contributed by atoms with E-state index in [0.717, 1.165) is 0 Å². The Bertz CT molecular complexity index is 593. The Labute approximate surface area is 177 Å². The molecule has 0 saturated carbocycles. The Morgan fingerprint density at radius 2 is 2.00 bits per heavy atom. The molecule has 0 aromatic carbocycles. The van der Waals surface area contributed by atoms with Crippen molar-refractivity contribution in [3.63, 3.8) is 0 Å². The number of aliphatic hydroxyl groups excluding tert-OH is 1. The highest BCUT2D eigenvalue weighted by molar-refractivity contribution is 5.86. The predicted octanol–water partition coefficient (Wildman–Crippen LogP) is 0.284. The molecule has 2 saturated heterocycles. The molecule has 2 aliphatic rings. The van der Waals surface area contributed by atoms with Gasteiger partial charge in [-0.15, -0.1) is 0 Å². The molecule has 0 aliphatic carbocycles. The van der Waals surface area contributed by atoms with Gasteiger partial charge in [0.05, 0.1) is 25.9 Å². The van der Waals surface area contributed by atoms with Gasteiger partial charge in [-0.2, -0.15) is 0 Å². The molecule has 10 heteroatoms. The van der Waals surface area contributed by atoms with E-state index >= 15 is 0 Å². The van der Waals surface area contributed by atoms with Crippen LogP contribution in [0.3, 0.4) is 0 Å². The van der Waals surface area contributed by atoms with E-state index in [1.165, 1.54) is 0 Å². The molecule has 0 unspecified atom stereocenters. The Morgan fingerprint density at radius 1 is 1.30 bits per heavy atom. The van der Waals surface area contributed by atoms with Crippen molar-refractivity contribution >= 4 is 17.9 Å². The van der Waals surface area contributed by atoms with Crippen LogP contribution in [0, 0.1) is 11.8 Å². The number of hydrogen-bond donors (Lipinski definition) is 4. The van der Waals surface area contributed by atoms with Crippen LogP contribution >= 0.6 is 0 Å². The molecule has 172 valence electrons.